The molecule has 0 bridgehead atoms. The normalized spacial score (nSPS) is 25.4. The molecule has 0 unspecified atom stereocenters. The van der Waals surface area contributed by atoms with Gasteiger partial charge in [0.05, 0.1) is 77.3 Å². The maximum absolute atomic E-state index is 11.1. The Kier molecular flexibility index (Phi) is 18.5. The van der Waals surface area contributed by atoms with Crippen LogP contribution in [0.5, 0.6) is 0 Å². The Hall–Kier alpha value is -1.82. The highest BCUT2D eigenvalue weighted by Gasteiger charge is 2.59. The molecule has 0 radical (unpaired) electrons. The van der Waals surface area contributed by atoms with Gasteiger partial charge in [0.15, 0.2) is 0 Å². The Morgan fingerprint density at radius 1 is 0.578 bits per heavy atom. The van der Waals surface area contributed by atoms with Crippen LogP contribution in [0.2, 0.25) is 0 Å². The van der Waals surface area contributed by atoms with Gasteiger partial charge in [0.1, 0.15) is 13.2 Å². The first-order valence-corrected chi connectivity index (χ1v) is 16.8. The number of carbonyl (C=O) groups excluding carboxylic acids is 2. The molecule has 0 aliphatic heterocycles. The van der Waals surface area contributed by atoms with Crippen LogP contribution >= 0.6 is 0 Å². The van der Waals surface area contributed by atoms with Crippen molar-refractivity contribution in [2.24, 2.45) is 17.3 Å². The van der Waals surface area contributed by atoms with Gasteiger partial charge in [0.2, 0.25) is 0 Å². The minimum Gasteiger partial charge on any atom is -0.460 e. The zero-order valence-electron chi connectivity index (χ0n) is 28.4. The van der Waals surface area contributed by atoms with Crippen LogP contribution in [0.3, 0.4) is 0 Å². The van der Waals surface area contributed by atoms with Gasteiger partial charge in [-0.15, -0.1) is 0 Å². The predicted octanol–water partition coefficient (Wildman–Crippen LogP) is 5.47. The fourth-order valence-electron chi connectivity index (χ4n) is 6.53. The van der Waals surface area contributed by atoms with Crippen molar-refractivity contribution in [3.05, 3.63) is 25.3 Å². The van der Waals surface area contributed by atoms with Gasteiger partial charge in [0.25, 0.3) is 0 Å². The number of carbonyl (C=O) groups is 2. The summed E-state index contributed by atoms with van der Waals surface area (Å²) in [5, 5.41) is 0. The molecular weight excluding hydrogens is 580 g/mol. The lowest BCUT2D eigenvalue weighted by Crippen LogP contribution is -2.63. The fourth-order valence-corrected chi connectivity index (χ4v) is 6.53. The molecule has 0 amide bonds. The van der Waals surface area contributed by atoms with Crippen LogP contribution < -0.4 is 0 Å². The van der Waals surface area contributed by atoms with E-state index in [1.54, 1.807) is 0 Å². The van der Waals surface area contributed by atoms with E-state index in [1.165, 1.54) is 0 Å². The van der Waals surface area contributed by atoms with Gasteiger partial charge in [-0.1, -0.05) is 40.9 Å². The third-order valence-electron chi connectivity index (χ3n) is 9.68. The SMILES string of the molecule is C=CC(=O)OCCOCCOCCOC1(C(C)(C)C2(OCCOCCOCCOC(=O)C=C)CCC(C)CC2)CCC(C)CC1. The van der Waals surface area contributed by atoms with Crippen LogP contribution in [0, 0.1) is 17.3 Å². The second-order valence-corrected chi connectivity index (χ2v) is 12.9. The minimum atomic E-state index is -0.451. The van der Waals surface area contributed by atoms with Crippen molar-refractivity contribution in [1.82, 2.24) is 0 Å². The number of ether oxygens (including phenoxy) is 8. The lowest BCUT2D eigenvalue weighted by atomic mass is 9.54. The van der Waals surface area contributed by atoms with Gasteiger partial charge in [0, 0.05) is 17.6 Å². The van der Waals surface area contributed by atoms with Crippen molar-refractivity contribution < 1.29 is 47.5 Å². The third kappa shape index (κ3) is 13.1. The summed E-state index contributed by atoms with van der Waals surface area (Å²) in [6, 6.07) is 0. The largest absolute Gasteiger partial charge is 0.460 e. The van der Waals surface area contributed by atoms with Gasteiger partial charge < -0.3 is 37.9 Å². The van der Waals surface area contributed by atoms with E-state index >= 15 is 0 Å². The zero-order valence-corrected chi connectivity index (χ0v) is 28.4. The molecule has 10 nitrogen and oxygen atoms in total. The molecule has 10 heteroatoms. The molecule has 0 spiro atoms. The van der Waals surface area contributed by atoms with Crippen LogP contribution in [0.1, 0.15) is 79.1 Å². The maximum atomic E-state index is 11.1. The Labute approximate surface area is 271 Å². The first-order valence-electron chi connectivity index (χ1n) is 16.8. The quantitative estimate of drug-likeness (QED) is 0.0766. The van der Waals surface area contributed by atoms with Crippen molar-refractivity contribution >= 4 is 11.9 Å². The standard InChI is InChI=1S/C35H60O10/c1-7-31(36)42-25-21-38-17-19-40-23-27-44-34(13-9-29(3)10-14-34)33(5,6)35(15-11-30(4)12-16-35)45-28-24-41-20-18-39-22-26-43-32(37)8-2/h7-8,29-30H,1-2,9-28H2,3-6H3. The van der Waals surface area contributed by atoms with Gasteiger partial charge in [-0.2, -0.15) is 0 Å². The highest BCUT2D eigenvalue weighted by atomic mass is 16.6. The molecule has 0 saturated heterocycles. The van der Waals surface area contributed by atoms with Gasteiger partial charge >= 0.3 is 11.9 Å². The lowest BCUT2D eigenvalue weighted by Gasteiger charge is -2.60. The summed E-state index contributed by atoms with van der Waals surface area (Å²) in [5.74, 6) is 0.468. The summed E-state index contributed by atoms with van der Waals surface area (Å²) in [5.41, 5.74) is -0.838. The number of esters is 2. The first-order chi connectivity index (χ1) is 21.6. The number of rotatable bonds is 24. The molecule has 0 atom stereocenters. The molecule has 2 aliphatic carbocycles. The Balaban J connectivity index is 1.87. The second-order valence-electron chi connectivity index (χ2n) is 12.9. The topological polar surface area (TPSA) is 108 Å². The van der Waals surface area contributed by atoms with E-state index in [9.17, 15) is 9.59 Å². The zero-order chi connectivity index (χ0) is 33.0. The molecular formula is C35H60O10. The highest BCUT2D eigenvalue weighted by molar-refractivity contribution is 5.81. The molecule has 2 saturated carbocycles. The van der Waals surface area contributed by atoms with E-state index in [1.807, 2.05) is 0 Å². The Morgan fingerprint density at radius 2 is 0.867 bits per heavy atom. The average molecular weight is 641 g/mol. The molecule has 0 aromatic carbocycles. The number of hydrogen-bond donors (Lipinski definition) is 0. The molecule has 0 heterocycles. The molecule has 2 rings (SSSR count). The van der Waals surface area contributed by atoms with Crippen LogP contribution in [0.15, 0.2) is 25.3 Å². The smallest absolute Gasteiger partial charge is 0.330 e. The van der Waals surface area contributed by atoms with Crippen molar-refractivity contribution in [2.75, 3.05) is 79.3 Å². The monoisotopic (exact) mass is 640 g/mol. The van der Waals surface area contributed by atoms with Crippen molar-refractivity contribution in [3.8, 4) is 0 Å². The van der Waals surface area contributed by atoms with E-state index in [0.29, 0.717) is 77.9 Å². The summed E-state index contributed by atoms with van der Waals surface area (Å²) < 4.78 is 46.2. The van der Waals surface area contributed by atoms with Gasteiger partial charge in [-0.05, 0) is 63.2 Å². The summed E-state index contributed by atoms with van der Waals surface area (Å²) in [4.78, 5) is 22.2. The number of hydrogen-bond acceptors (Lipinski definition) is 10. The molecule has 2 fully saturated rings. The lowest BCUT2D eigenvalue weighted by molar-refractivity contribution is -0.252. The summed E-state index contributed by atoms with van der Waals surface area (Å²) in [6.07, 6.45) is 10.8. The van der Waals surface area contributed by atoms with E-state index < -0.39 is 11.9 Å². The van der Waals surface area contributed by atoms with Gasteiger partial charge in [-0.25, -0.2) is 9.59 Å². The molecule has 260 valence electrons. The Bertz CT molecular complexity index is 788. The van der Waals surface area contributed by atoms with Crippen LogP contribution in [-0.4, -0.2) is 102 Å². The van der Waals surface area contributed by atoms with Crippen molar-refractivity contribution in [3.63, 3.8) is 0 Å². The minimum absolute atomic E-state index is 0.198. The summed E-state index contributed by atoms with van der Waals surface area (Å²) in [6.45, 7) is 20.9. The molecule has 2 aliphatic rings. The molecule has 0 N–H and O–H groups in total. The summed E-state index contributed by atoms with van der Waals surface area (Å²) >= 11 is 0. The maximum Gasteiger partial charge on any atom is 0.330 e. The molecule has 0 aromatic rings. The third-order valence-corrected chi connectivity index (χ3v) is 9.68. The average Bonchev–Trinajstić information content (AvgIpc) is 3.04. The highest BCUT2D eigenvalue weighted by Crippen LogP contribution is 2.57. The van der Waals surface area contributed by atoms with E-state index in [2.05, 4.69) is 40.9 Å². The van der Waals surface area contributed by atoms with Crippen molar-refractivity contribution in [1.29, 1.82) is 0 Å². The van der Waals surface area contributed by atoms with E-state index in [0.717, 1.165) is 63.5 Å². The Morgan fingerprint density at radius 3 is 1.18 bits per heavy atom. The van der Waals surface area contributed by atoms with E-state index in [-0.39, 0.29) is 29.8 Å². The van der Waals surface area contributed by atoms with Crippen LogP contribution in [-0.2, 0) is 47.5 Å². The molecule has 45 heavy (non-hydrogen) atoms. The van der Waals surface area contributed by atoms with E-state index in [4.69, 9.17) is 37.9 Å². The predicted molar refractivity (Wildman–Crippen MR) is 172 cm³/mol. The fraction of sp³-hybridized carbons (Fsp3) is 0.829. The van der Waals surface area contributed by atoms with Crippen molar-refractivity contribution in [2.45, 2.75) is 90.3 Å². The van der Waals surface area contributed by atoms with Gasteiger partial charge in [-0.3, -0.25) is 0 Å². The first kappa shape index (κ1) is 39.4. The van der Waals surface area contributed by atoms with Crippen LogP contribution in [0.4, 0.5) is 0 Å². The molecule has 0 aromatic heterocycles. The second kappa shape index (κ2) is 21.1. The summed E-state index contributed by atoms with van der Waals surface area (Å²) in [7, 11) is 0. The van der Waals surface area contributed by atoms with Crippen LogP contribution in [0.25, 0.3) is 0 Å².